The summed E-state index contributed by atoms with van der Waals surface area (Å²) in [7, 11) is 4.65. The molecule has 0 bridgehead atoms. The number of aromatic nitrogens is 2. The number of hydrogen-bond acceptors (Lipinski definition) is 8. The lowest BCUT2D eigenvalue weighted by atomic mass is 10.2. The molecule has 32 heavy (non-hydrogen) atoms. The van der Waals surface area contributed by atoms with Gasteiger partial charge in [-0.25, -0.2) is 4.98 Å². The molecule has 0 radical (unpaired) electrons. The summed E-state index contributed by atoms with van der Waals surface area (Å²) in [5.74, 6) is 2.07. The number of benzene rings is 2. The van der Waals surface area contributed by atoms with Crippen LogP contribution in [0.3, 0.4) is 0 Å². The molecule has 0 spiro atoms. The van der Waals surface area contributed by atoms with Gasteiger partial charge in [0.2, 0.25) is 5.75 Å². The maximum absolute atomic E-state index is 13.3. The first-order chi connectivity index (χ1) is 15.6. The summed E-state index contributed by atoms with van der Waals surface area (Å²) in [5, 5.41) is 5.02. The van der Waals surface area contributed by atoms with E-state index in [0.717, 1.165) is 13.1 Å². The Labute approximate surface area is 185 Å². The highest BCUT2D eigenvalue weighted by Gasteiger charge is 2.17. The van der Waals surface area contributed by atoms with Crippen LogP contribution in [0.1, 0.15) is 11.4 Å². The van der Waals surface area contributed by atoms with Crippen molar-refractivity contribution in [2.24, 2.45) is 5.10 Å². The van der Waals surface area contributed by atoms with Gasteiger partial charge in [0, 0.05) is 18.7 Å². The molecule has 0 aliphatic carbocycles. The number of ether oxygens (including phenoxy) is 4. The first-order valence-electron chi connectivity index (χ1n) is 10.3. The van der Waals surface area contributed by atoms with Crippen LogP contribution in [0, 0.1) is 0 Å². The predicted octanol–water partition coefficient (Wildman–Crippen LogP) is 2.14. The van der Waals surface area contributed by atoms with Crippen LogP contribution in [0.4, 0.5) is 0 Å². The molecule has 2 aromatic carbocycles. The van der Waals surface area contributed by atoms with Crippen LogP contribution < -0.4 is 19.8 Å². The fourth-order valence-corrected chi connectivity index (χ4v) is 3.65. The Hall–Kier alpha value is -3.43. The average molecular weight is 438 g/mol. The van der Waals surface area contributed by atoms with Gasteiger partial charge in [0.05, 0.1) is 58.2 Å². The van der Waals surface area contributed by atoms with Gasteiger partial charge >= 0.3 is 0 Å². The third-order valence-electron chi connectivity index (χ3n) is 5.30. The first-order valence-corrected chi connectivity index (χ1v) is 10.3. The maximum Gasteiger partial charge on any atom is 0.282 e. The topological polar surface area (TPSA) is 87.4 Å². The number of fused-ring (bicyclic) bond motifs is 1. The molecule has 1 aliphatic heterocycles. The van der Waals surface area contributed by atoms with E-state index in [4.69, 9.17) is 23.9 Å². The molecule has 1 saturated heterocycles. The second-order valence-electron chi connectivity index (χ2n) is 7.25. The predicted molar refractivity (Wildman–Crippen MR) is 121 cm³/mol. The lowest BCUT2D eigenvalue weighted by Gasteiger charge is -2.26. The third kappa shape index (κ3) is 4.44. The Kier molecular flexibility index (Phi) is 6.67. The number of methoxy groups -OCH3 is 3. The summed E-state index contributed by atoms with van der Waals surface area (Å²) in [6.45, 7) is 3.37. The van der Waals surface area contributed by atoms with Crippen molar-refractivity contribution < 1.29 is 18.9 Å². The minimum Gasteiger partial charge on any atom is -0.493 e. The first kappa shape index (κ1) is 21.8. The molecule has 0 atom stereocenters. The molecule has 0 unspecified atom stereocenters. The highest BCUT2D eigenvalue weighted by molar-refractivity contribution is 5.83. The highest BCUT2D eigenvalue weighted by atomic mass is 16.5. The number of hydrogen-bond donors (Lipinski definition) is 0. The molecule has 3 aromatic rings. The van der Waals surface area contributed by atoms with Gasteiger partial charge in [-0.05, 0) is 24.3 Å². The largest absolute Gasteiger partial charge is 0.493 e. The summed E-state index contributed by atoms with van der Waals surface area (Å²) in [6.07, 6.45) is 1.59. The number of rotatable bonds is 7. The van der Waals surface area contributed by atoms with Crippen LogP contribution >= 0.6 is 0 Å². The number of morpholine rings is 1. The molecule has 1 fully saturated rings. The van der Waals surface area contributed by atoms with Crippen molar-refractivity contribution in [1.82, 2.24) is 14.6 Å². The van der Waals surface area contributed by atoms with Gasteiger partial charge in [-0.1, -0.05) is 12.1 Å². The van der Waals surface area contributed by atoms with Crippen LogP contribution in [0.5, 0.6) is 17.2 Å². The monoisotopic (exact) mass is 438 g/mol. The third-order valence-corrected chi connectivity index (χ3v) is 5.30. The molecule has 4 rings (SSSR count). The van der Waals surface area contributed by atoms with Crippen LogP contribution in [-0.4, -0.2) is 68.4 Å². The SMILES string of the molecule is COc1cc(/C=N/n2c(CN3CCOCC3)nc3ccccc3c2=O)cc(OC)c1OC. The fourth-order valence-electron chi connectivity index (χ4n) is 3.65. The van der Waals surface area contributed by atoms with Gasteiger partial charge in [-0.15, -0.1) is 0 Å². The fraction of sp³-hybridized carbons (Fsp3) is 0.348. The highest BCUT2D eigenvalue weighted by Crippen LogP contribution is 2.37. The van der Waals surface area contributed by atoms with E-state index < -0.39 is 0 Å². The molecule has 9 nitrogen and oxygen atoms in total. The van der Waals surface area contributed by atoms with Crippen LogP contribution in [-0.2, 0) is 11.3 Å². The van der Waals surface area contributed by atoms with Crippen molar-refractivity contribution in [1.29, 1.82) is 0 Å². The molecule has 0 N–H and O–H groups in total. The van der Waals surface area contributed by atoms with E-state index >= 15 is 0 Å². The zero-order valence-electron chi connectivity index (χ0n) is 18.4. The van der Waals surface area contributed by atoms with Crippen molar-refractivity contribution in [2.45, 2.75) is 6.54 Å². The summed E-state index contributed by atoms with van der Waals surface area (Å²) in [6, 6.07) is 10.8. The van der Waals surface area contributed by atoms with E-state index in [0.29, 0.717) is 59.3 Å². The van der Waals surface area contributed by atoms with E-state index in [1.165, 1.54) is 4.68 Å². The second-order valence-corrected chi connectivity index (χ2v) is 7.25. The van der Waals surface area contributed by atoms with Crippen LogP contribution in [0.25, 0.3) is 10.9 Å². The van der Waals surface area contributed by atoms with Crippen LogP contribution in [0.2, 0.25) is 0 Å². The molecule has 0 amide bonds. The quantitative estimate of drug-likeness (QED) is 0.522. The molecule has 2 heterocycles. The smallest absolute Gasteiger partial charge is 0.282 e. The summed E-state index contributed by atoms with van der Waals surface area (Å²) < 4.78 is 23.0. The number of nitrogens with zero attached hydrogens (tertiary/aromatic N) is 4. The minimum atomic E-state index is -0.220. The van der Waals surface area contributed by atoms with Gasteiger partial charge in [0.25, 0.3) is 5.56 Å². The second kappa shape index (κ2) is 9.80. The van der Waals surface area contributed by atoms with Crippen molar-refractivity contribution in [2.75, 3.05) is 47.6 Å². The Balaban J connectivity index is 1.77. The summed E-state index contributed by atoms with van der Waals surface area (Å²) >= 11 is 0. The standard InChI is InChI=1S/C23H26N4O5/c1-29-19-12-16(13-20(30-2)22(19)31-3)14-24-27-21(15-26-8-10-32-11-9-26)25-18-7-5-4-6-17(18)23(27)28/h4-7,12-14H,8-11,15H2,1-3H3/b24-14+. The Morgan fingerprint density at radius 2 is 1.75 bits per heavy atom. The molecule has 1 aliphatic rings. The maximum atomic E-state index is 13.3. The lowest BCUT2D eigenvalue weighted by Crippen LogP contribution is -2.37. The van der Waals surface area contributed by atoms with E-state index in [9.17, 15) is 4.79 Å². The molecule has 1 aromatic heterocycles. The van der Waals surface area contributed by atoms with Crippen molar-refractivity contribution in [3.8, 4) is 17.2 Å². The van der Waals surface area contributed by atoms with E-state index in [-0.39, 0.29) is 5.56 Å². The van der Waals surface area contributed by atoms with E-state index in [2.05, 4.69) is 10.0 Å². The zero-order chi connectivity index (χ0) is 22.5. The van der Waals surface area contributed by atoms with Gasteiger partial charge in [-0.2, -0.15) is 9.78 Å². The average Bonchev–Trinajstić information content (AvgIpc) is 2.83. The molecule has 168 valence electrons. The Bertz CT molecular complexity index is 1160. The lowest BCUT2D eigenvalue weighted by molar-refractivity contribution is 0.0325. The van der Waals surface area contributed by atoms with Crippen molar-refractivity contribution in [3.63, 3.8) is 0 Å². The minimum absolute atomic E-state index is 0.220. The van der Waals surface area contributed by atoms with E-state index in [1.54, 1.807) is 45.7 Å². The van der Waals surface area contributed by atoms with Gasteiger partial charge in [0.1, 0.15) is 5.82 Å². The molecular formula is C23H26N4O5. The number of para-hydroxylation sites is 1. The van der Waals surface area contributed by atoms with Crippen molar-refractivity contribution >= 4 is 17.1 Å². The van der Waals surface area contributed by atoms with Crippen LogP contribution in [0.15, 0.2) is 46.3 Å². The molecule has 0 saturated carbocycles. The molecule has 9 heteroatoms. The van der Waals surface area contributed by atoms with Gasteiger partial charge in [-0.3, -0.25) is 9.69 Å². The summed E-state index contributed by atoms with van der Waals surface area (Å²) in [5.41, 5.74) is 1.12. The van der Waals surface area contributed by atoms with Gasteiger partial charge < -0.3 is 18.9 Å². The normalized spacial score (nSPS) is 14.7. The van der Waals surface area contributed by atoms with Gasteiger partial charge in [0.15, 0.2) is 11.5 Å². The zero-order valence-corrected chi connectivity index (χ0v) is 18.4. The Morgan fingerprint density at radius 3 is 2.41 bits per heavy atom. The van der Waals surface area contributed by atoms with E-state index in [1.807, 2.05) is 18.2 Å². The summed E-state index contributed by atoms with van der Waals surface area (Å²) in [4.78, 5) is 20.2. The molecular weight excluding hydrogens is 412 g/mol. The Morgan fingerprint density at radius 1 is 1.06 bits per heavy atom. The van der Waals surface area contributed by atoms with Crippen molar-refractivity contribution in [3.05, 3.63) is 58.1 Å².